The van der Waals surface area contributed by atoms with Crippen LogP contribution in [0.2, 0.25) is 0 Å². The number of nitrogens with two attached hydrogens (primary N) is 1. The Morgan fingerprint density at radius 2 is 2.07 bits per heavy atom. The molecule has 0 aliphatic heterocycles. The number of aryl methyl sites for hydroxylation is 1. The summed E-state index contributed by atoms with van der Waals surface area (Å²) < 4.78 is 0. The van der Waals surface area contributed by atoms with Crippen molar-refractivity contribution >= 4 is 0 Å². The first kappa shape index (κ1) is 12.1. The minimum atomic E-state index is 0.152. The third-order valence-electron chi connectivity index (χ3n) is 2.71. The summed E-state index contributed by atoms with van der Waals surface area (Å²) in [5.74, 6) is 0.351. The molecule has 0 radical (unpaired) electrons. The smallest absolute Gasteiger partial charge is 0.115 e. The second-order valence-corrected chi connectivity index (χ2v) is 4.06. The summed E-state index contributed by atoms with van der Waals surface area (Å²) in [5, 5.41) is 0. The highest BCUT2D eigenvalue weighted by Gasteiger charge is 2.15. The van der Waals surface area contributed by atoms with Crippen molar-refractivity contribution in [3.05, 3.63) is 23.8 Å². The van der Waals surface area contributed by atoms with Crippen LogP contribution >= 0.6 is 0 Å². The van der Waals surface area contributed by atoms with Crippen molar-refractivity contribution in [3.8, 4) is 0 Å². The molecule has 84 valence electrons. The predicted molar refractivity (Wildman–Crippen MR) is 62.7 cm³/mol. The van der Waals surface area contributed by atoms with Gasteiger partial charge in [-0.25, -0.2) is 9.97 Å². The van der Waals surface area contributed by atoms with Crippen molar-refractivity contribution < 1.29 is 0 Å². The highest BCUT2D eigenvalue weighted by atomic mass is 14.8. The maximum atomic E-state index is 5.94. The normalized spacial score (nSPS) is 14.9. The minimum absolute atomic E-state index is 0.152. The van der Waals surface area contributed by atoms with Gasteiger partial charge in [-0.15, -0.1) is 0 Å². The Morgan fingerprint density at radius 3 is 2.60 bits per heavy atom. The van der Waals surface area contributed by atoms with E-state index in [0.29, 0.717) is 5.92 Å². The zero-order valence-electron chi connectivity index (χ0n) is 9.90. The lowest BCUT2D eigenvalue weighted by Crippen LogP contribution is -2.25. The molecule has 1 aromatic rings. The molecule has 0 bridgehead atoms. The molecule has 2 unspecified atom stereocenters. The van der Waals surface area contributed by atoms with E-state index in [2.05, 4.69) is 29.9 Å². The summed E-state index contributed by atoms with van der Waals surface area (Å²) >= 11 is 0. The zero-order valence-corrected chi connectivity index (χ0v) is 9.90. The largest absolute Gasteiger partial charge is 0.327 e. The van der Waals surface area contributed by atoms with E-state index in [0.717, 1.165) is 30.7 Å². The molecule has 0 aromatic carbocycles. The summed E-state index contributed by atoms with van der Waals surface area (Å²) in [6.45, 7) is 6.34. The Hall–Kier alpha value is -0.960. The van der Waals surface area contributed by atoms with Crippen LogP contribution in [-0.4, -0.2) is 16.0 Å². The molecule has 2 atom stereocenters. The summed E-state index contributed by atoms with van der Waals surface area (Å²) in [5.41, 5.74) is 8.16. The van der Waals surface area contributed by atoms with E-state index in [9.17, 15) is 0 Å². The molecule has 1 heterocycles. The summed E-state index contributed by atoms with van der Waals surface area (Å²) in [7, 11) is 0. The van der Waals surface area contributed by atoms with Gasteiger partial charge < -0.3 is 5.73 Å². The highest BCUT2D eigenvalue weighted by Crippen LogP contribution is 2.20. The van der Waals surface area contributed by atoms with Crippen LogP contribution < -0.4 is 5.73 Å². The van der Waals surface area contributed by atoms with Crippen molar-refractivity contribution in [1.29, 1.82) is 0 Å². The lowest BCUT2D eigenvalue weighted by molar-refractivity contribution is 0.537. The number of rotatable bonds is 5. The van der Waals surface area contributed by atoms with E-state index < -0.39 is 0 Å². The number of aromatic nitrogens is 2. The topological polar surface area (TPSA) is 51.8 Å². The molecule has 0 spiro atoms. The van der Waals surface area contributed by atoms with Gasteiger partial charge in [0, 0.05) is 23.3 Å². The molecule has 0 saturated heterocycles. The molecule has 0 aliphatic carbocycles. The fraction of sp³-hybridized carbons (Fsp3) is 0.667. The van der Waals surface area contributed by atoms with Crippen LogP contribution in [0.5, 0.6) is 0 Å². The van der Waals surface area contributed by atoms with E-state index in [4.69, 9.17) is 5.73 Å². The Labute approximate surface area is 92.1 Å². The van der Waals surface area contributed by atoms with Crippen LogP contribution in [0.4, 0.5) is 0 Å². The van der Waals surface area contributed by atoms with Crippen molar-refractivity contribution in [3.63, 3.8) is 0 Å². The number of hydrogen-bond donors (Lipinski definition) is 1. The Bertz CT molecular complexity index is 297. The molecule has 3 nitrogen and oxygen atoms in total. The van der Waals surface area contributed by atoms with Gasteiger partial charge in [-0.05, 0) is 25.8 Å². The van der Waals surface area contributed by atoms with Gasteiger partial charge in [0.25, 0.3) is 0 Å². The lowest BCUT2D eigenvalue weighted by Gasteiger charge is -2.18. The fourth-order valence-electron chi connectivity index (χ4n) is 1.86. The third kappa shape index (κ3) is 3.27. The van der Waals surface area contributed by atoms with Gasteiger partial charge in [0.05, 0.1) is 0 Å². The molecular weight excluding hydrogens is 186 g/mol. The van der Waals surface area contributed by atoms with Crippen LogP contribution in [0.15, 0.2) is 12.4 Å². The first-order valence-electron chi connectivity index (χ1n) is 5.75. The molecule has 3 heteroatoms. The average molecular weight is 207 g/mol. The van der Waals surface area contributed by atoms with Gasteiger partial charge in [-0.3, -0.25) is 0 Å². The zero-order chi connectivity index (χ0) is 11.3. The Morgan fingerprint density at radius 1 is 1.33 bits per heavy atom. The number of hydrogen-bond acceptors (Lipinski definition) is 3. The second-order valence-electron chi connectivity index (χ2n) is 4.06. The van der Waals surface area contributed by atoms with Gasteiger partial charge >= 0.3 is 0 Å². The van der Waals surface area contributed by atoms with Gasteiger partial charge in [-0.1, -0.05) is 20.3 Å². The van der Waals surface area contributed by atoms with E-state index in [1.54, 1.807) is 6.33 Å². The maximum absolute atomic E-state index is 5.94. The number of nitrogens with zero attached hydrogens (tertiary/aromatic N) is 2. The standard InChI is InChI=1S/C12H21N3/c1-4-6-10-7-12(15-8-14-10)11(5-2)9(3)13/h7-9,11H,4-6,13H2,1-3H3. The van der Waals surface area contributed by atoms with Crippen molar-refractivity contribution in [2.75, 3.05) is 0 Å². The molecule has 0 aliphatic rings. The average Bonchev–Trinajstić information content (AvgIpc) is 2.19. The van der Waals surface area contributed by atoms with E-state index in [1.165, 1.54) is 0 Å². The van der Waals surface area contributed by atoms with Gasteiger partial charge in [0.1, 0.15) is 6.33 Å². The van der Waals surface area contributed by atoms with Crippen molar-refractivity contribution in [2.24, 2.45) is 5.73 Å². The molecule has 0 saturated carbocycles. The third-order valence-corrected chi connectivity index (χ3v) is 2.71. The molecular formula is C12H21N3. The summed E-state index contributed by atoms with van der Waals surface area (Å²) in [6.07, 6.45) is 4.82. The van der Waals surface area contributed by atoms with E-state index in [1.807, 2.05) is 6.92 Å². The van der Waals surface area contributed by atoms with Gasteiger partial charge in [0.2, 0.25) is 0 Å². The van der Waals surface area contributed by atoms with Crippen LogP contribution in [0.1, 0.15) is 50.9 Å². The first-order valence-corrected chi connectivity index (χ1v) is 5.75. The Kier molecular flexibility index (Phi) is 4.69. The predicted octanol–water partition coefficient (Wildman–Crippen LogP) is 2.27. The second kappa shape index (κ2) is 5.81. The molecule has 0 fully saturated rings. The summed E-state index contributed by atoms with van der Waals surface area (Å²) in [6, 6.07) is 2.25. The monoisotopic (exact) mass is 207 g/mol. The SMILES string of the molecule is CCCc1cc(C(CC)C(C)N)ncn1. The summed E-state index contributed by atoms with van der Waals surface area (Å²) in [4.78, 5) is 8.58. The minimum Gasteiger partial charge on any atom is -0.327 e. The van der Waals surface area contributed by atoms with Crippen LogP contribution in [0, 0.1) is 0 Å². The van der Waals surface area contributed by atoms with E-state index in [-0.39, 0.29) is 6.04 Å². The van der Waals surface area contributed by atoms with Crippen LogP contribution in [0.3, 0.4) is 0 Å². The van der Waals surface area contributed by atoms with Crippen molar-refractivity contribution in [2.45, 2.75) is 52.0 Å². The van der Waals surface area contributed by atoms with Crippen LogP contribution in [-0.2, 0) is 6.42 Å². The molecule has 0 amide bonds. The highest BCUT2D eigenvalue weighted by molar-refractivity contribution is 5.14. The molecule has 2 N–H and O–H groups in total. The fourth-order valence-corrected chi connectivity index (χ4v) is 1.86. The molecule has 15 heavy (non-hydrogen) atoms. The van der Waals surface area contributed by atoms with Crippen molar-refractivity contribution in [1.82, 2.24) is 9.97 Å². The van der Waals surface area contributed by atoms with Crippen LogP contribution in [0.25, 0.3) is 0 Å². The lowest BCUT2D eigenvalue weighted by atomic mass is 9.94. The van der Waals surface area contributed by atoms with E-state index >= 15 is 0 Å². The first-order chi connectivity index (χ1) is 7.19. The molecule has 1 rings (SSSR count). The van der Waals surface area contributed by atoms with Gasteiger partial charge in [0.15, 0.2) is 0 Å². The van der Waals surface area contributed by atoms with Gasteiger partial charge in [-0.2, -0.15) is 0 Å². The quantitative estimate of drug-likeness (QED) is 0.805. The Balaban J connectivity index is 2.87. The molecule has 1 aromatic heterocycles. The maximum Gasteiger partial charge on any atom is 0.115 e.